The first-order valence-electron chi connectivity index (χ1n) is 12.0. The summed E-state index contributed by atoms with van der Waals surface area (Å²) in [4.78, 5) is 32.3. The fraction of sp³-hybridized carbons (Fsp3) is 0.385. The molecule has 0 bridgehead atoms. The number of hydrogen-bond donors (Lipinski definition) is 1. The maximum absolute atomic E-state index is 14.3. The van der Waals surface area contributed by atoms with Gasteiger partial charge in [-0.2, -0.15) is 4.37 Å². The second-order valence-electron chi connectivity index (χ2n) is 9.56. The summed E-state index contributed by atoms with van der Waals surface area (Å²) in [7, 11) is 2.02. The largest absolute Gasteiger partial charge is 0.511 e. The average molecular weight is 528 g/mol. The molecule has 0 radical (unpaired) electrons. The van der Waals surface area contributed by atoms with Gasteiger partial charge in [-0.1, -0.05) is 29.8 Å². The summed E-state index contributed by atoms with van der Waals surface area (Å²) in [5.41, 5.74) is 2.60. The summed E-state index contributed by atoms with van der Waals surface area (Å²) in [5, 5.41) is 10.5. The molecule has 1 unspecified atom stereocenters. The summed E-state index contributed by atoms with van der Waals surface area (Å²) >= 11 is 7.93. The third kappa shape index (κ3) is 4.47. The van der Waals surface area contributed by atoms with Gasteiger partial charge >= 0.3 is 12.1 Å². The van der Waals surface area contributed by atoms with Crippen molar-refractivity contribution in [2.24, 2.45) is 0 Å². The predicted octanol–water partition coefficient (Wildman–Crippen LogP) is 5.50. The van der Waals surface area contributed by atoms with Gasteiger partial charge in [0.1, 0.15) is 17.6 Å². The number of anilines is 1. The lowest BCUT2D eigenvalue weighted by Gasteiger charge is -2.47. The van der Waals surface area contributed by atoms with Crippen molar-refractivity contribution in [2.75, 3.05) is 25.0 Å². The van der Waals surface area contributed by atoms with Gasteiger partial charge in [0.2, 0.25) is 5.13 Å². The van der Waals surface area contributed by atoms with Crippen LogP contribution in [0.25, 0.3) is 0 Å². The van der Waals surface area contributed by atoms with Crippen molar-refractivity contribution in [3.8, 4) is 5.75 Å². The summed E-state index contributed by atoms with van der Waals surface area (Å²) in [6.45, 7) is 3.46. The van der Waals surface area contributed by atoms with Crippen molar-refractivity contribution in [2.45, 2.75) is 44.7 Å². The third-order valence-electron chi connectivity index (χ3n) is 7.57. The van der Waals surface area contributed by atoms with Gasteiger partial charge in [0, 0.05) is 49.4 Å². The molecule has 1 aliphatic heterocycles. The molecule has 5 rings (SSSR count). The minimum absolute atomic E-state index is 0.0202. The van der Waals surface area contributed by atoms with E-state index in [1.165, 1.54) is 11.5 Å². The van der Waals surface area contributed by atoms with E-state index in [1.807, 2.05) is 32.2 Å². The van der Waals surface area contributed by atoms with E-state index >= 15 is 0 Å². The number of hydrogen-bond acceptors (Lipinski definition) is 7. The van der Waals surface area contributed by atoms with E-state index in [0.717, 1.165) is 60.9 Å². The Bertz CT molecular complexity index is 1310. The Kier molecular flexibility index (Phi) is 6.72. The first-order valence-corrected chi connectivity index (χ1v) is 13.2. The zero-order valence-corrected chi connectivity index (χ0v) is 21.8. The second-order valence-corrected chi connectivity index (χ2v) is 10.7. The maximum Gasteiger partial charge on any atom is 0.511 e. The normalized spacial score (nSPS) is 19.5. The lowest BCUT2D eigenvalue weighted by atomic mass is 9.93. The van der Waals surface area contributed by atoms with Crippen LogP contribution >= 0.6 is 23.1 Å². The molecule has 1 aromatic heterocycles. The van der Waals surface area contributed by atoms with E-state index in [-0.39, 0.29) is 28.2 Å². The van der Waals surface area contributed by atoms with Crippen molar-refractivity contribution in [3.05, 3.63) is 70.0 Å². The smallest absolute Gasteiger partial charge is 0.449 e. The molecule has 2 heterocycles. The Morgan fingerprint density at radius 3 is 2.58 bits per heavy atom. The highest BCUT2D eigenvalue weighted by Gasteiger charge is 2.51. The monoisotopic (exact) mass is 527 g/mol. The van der Waals surface area contributed by atoms with Crippen LogP contribution in [0.5, 0.6) is 5.75 Å². The van der Waals surface area contributed by atoms with Gasteiger partial charge < -0.3 is 14.7 Å². The maximum atomic E-state index is 14.3. The van der Waals surface area contributed by atoms with E-state index in [0.29, 0.717) is 10.6 Å². The number of carbonyl (C=O) groups is 2. The van der Waals surface area contributed by atoms with Crippen LogP contribution in [-0.4, -0.2) is 57.2 Å². The Labute approximate surface area is 218 Å². The molecule has 1 amide bonds. The number of fused-ring (bicyclic) bond motifs is 1. The van der Waals surface area contributed by atoms with Crippen LogP contribution in [0.4, 0.5) is 9.93 Å². The molecular formula is C26H28ClN4O4S+. The summed E-state index contributed by atoms with van der Waals surface area (Å²) < 4.78 is 9.45. The first kappa shape index (κ1) is 24.7. The second kappa shape index (κ2) is 9.80. The number of aryl methyl sites for hydroxylation is 2. The van der Waals surface area contributed by atoms with Gasteiger partial charge in [-0.3, -0.25) is 0 Å². The molecular weight excluding hydrogens is 500 g/mol. The van der Waals surface area contributed by atoms with Crippen molar-refractivity contribution in [3.63, 3.8) is 0 Å². The van der Waals surface area contributed by atoms with Crippen LogP contribution in [0.1, 0.15) is 52.6 Å². The molecule has 2 aromatic carbocycles. The number of aromatic nitrogens is 2. The van der Waals surface area contributed by atoms with Crippen LogP contribution in [0.3, 0.4) is 0 Å². The molecule has 2 aliphatic rings. The number of benzene rings is 2. The van der Waals surface area contributed by atoms with Crippen molar-refractivity contribution >= 4 is 40.3 Å². The summed E-state index contributed by atoms with van der Waals surface area (Å²) in [6.07, 6.45) is 1.87. The Hall–Kier alpha value is -3.01. The third-order valence-corrected chi connectivity index (χ3v) is 8.77. The number of nitrogens with zero attached hydrogens (tertiary/aromatic N) is 4. The lowest BCUT2D eigenvalue weighted by molar-refractivity contribution is -0.887. The Balaban J connectivity index is 1.51. The van der Waals surface area contributed by atoms with E-state index in [4.69, 9.17) is 21.4 Å². The fourth-order valence-corrected chi connectivity index (χ4v) is 6.69. The van der Waals surface area contributed by atoms with Gasteiger partial charge in [0.15, 0.2) is 0 Å². The molecule has 1 saturated heterocycles. The number of amides is 1. The number of carbonyl (C=O) groups excluding carboxylic acids is 1. The van der Waals surface area contributed by atoms with Gasteiger partial charge in [-0.25, -0.2) is 19.1 Å². The average Bonchev–Trinajstić information content (AvgIpc) is 3.49. The number of ether oxygens (including phenoxy) is 1. The molecule has 10 heteroatoms. The van der Waals surface area contributed by atoms with E-state index in [2.05, 4.69) is 14.3 Å². The molecule has 1 N–H and O–H groups in total. The van der Waals surface area contributed by atoms with E-state index in [1.54, 1.807) is 24.3 Å². The zero-order chi connectivity index (χ0) is 25.4. The number of piperidine rings is 1. The van der Waals surface area contributed by atoms with Crippen LogP contribution in [0.2, 0.25) is 5.02 Å². The number of carboxylic acid groups (broad SMARTS) is 1. The van der Waals surface area contributed by atoms with Crippen molar-refractivity contribution < 1.29 is 23.9 Å². The standard InChI is InChI=1S/C26H27ClN4O4S/c1-16-28-25(36-29-16)30-13-11-18(12-14-30)31(2,24(32)20-5-3-4-6-22(20)27)23-10-8-17-7-9-19(15-21(17)23)35-26(33)34/h3-7,9,15,18,23H,8,10-14H2,1-2H3/p+1/t23-,31?/m1/s1. The molecule has 0 saturated carbocycles. The summed E-state index contributed by atoms with van der Waals surface area (Å²) in [6, 6.07) is 12.5. The topological polar surface area (TPSA) is 92.6 Å². The Morgan fingerprint density at radius 1 is 1.17 bits per heavy atom. The molecule has 3 aromatic rings. The van der Waals surface area contributed by atoms with Crippen LogP contribution in [0.15, 0.2) is 42.5 Å². The van der Waals surface area contributed by atoms with Gasteiger partial charge in [0.25, 0.3) is 0 Å². The van der Waals surface area contributed by atoms with Crippen molar-refractivity contribution in [1.82, 2.24) is 9.36 Å². The Morgan fingerprint density at radius 2 is 1.92 bits per heavy atom. The molecule has 8 nitrogen and oxygen atoms in total. The van der Waals surface area contributed by atoms with Crippen LogP contribution in [0, 0.1) is 6.92 Å². The summed E-state index contributed by atoms with van der Waals surface area (Å²) in [5.74, 6) is 1.02. The zero-order valence-electron chi connectivity index (χ0n) is 20.2. The first-order chi connectivity index (χ1) is 17.3. The fourth-order valence-electron chi connectivity index (χ4n) is 5.74. The minimum atomic E-state index is -1.35. The van der Waals surface area contributed by atoms with Crippen LogP contribution < -0.4 is 9.64 Å². The predicted molar refractivity (Wildman–Crippen MR) is 138 cm³/mol. The molecule has 2 atom stereocenters. The van der Waals surface area contributed by atoms with E-state index < -0.39 is 6.16 Å². The van der Waals surface area contributed by atoms with Gasteiger partial charge in [-0.05, 0) is 43.2 Å². The van der Waals surface area contributed by atoms with E-state index in [9.17, 15) is 9.59 Å². The SMILES string of the molecule is Cc1nsc(N2CCC([N+](C)(C(=O)c3ccccc3Cl)[C@@H]3CCc4ccc(OC(=O)O)cc43)CC2)n1. The molecule has 0 spiro atoms. The van der Waals surface area contributed by atoms with Crippen molar-refractivity contribution in [1.29, 1.82) is 0 Å². The highest BCUT2D eigenvalue weighted by Crippen LogP contribution is 2.46. The van der Waals surface area contributed by atoms with Crippen LogP contribution in [-0.2, 0) is 6.42 Å². The number of quaternary nitrogens is 1. The number of halogens is 1. The van der Waals surface area contributed by atoms with Gasteiger partial charge in [-0.15, -0.1) is 0 Å². The minimum Gasteiger partial charge on any atom is -0.449 e. The highest BCUT2D eigenvalue weighted by molar-refractivity contribution is 7.09. The molecule has 1 aliphatic carbocycles. The molecule has 36 heavy (non-hydrogen) atoms. The van der Waals surface area contributed by atoms with Gasteiger partial charge in [0.05, 0.1) is 23.7 Å². The quantitative estimate of drug-likeness (QED) is 0.266. The highest BCUT2D eigenvalue weighted by atomic mass is 35.5. The molecule has 1 fully saturated rings. The number of rotatable bonds is 5. The molecule has 188 valence electrons. The lowest BCUT2D eigenvalue weighted by Crippen LogP contribution is -2.60.